The van der Waals surface area contributed by atoms with E-state index in [0.29, 0.717) is 6.54 Å². The van der Waals surface area contributed by atoms with Crippen LogP contribution in [0.3, 0.4) is 0 Å². The van der Waals surface area contributed by atoms with Crippen LogP contribution in [-0.4, -0.2) is 25.1 Å². The molecule has 0 aliphatic heterocycles. The van der Waals surface area contributed by atoms with Gasteiger partial charge < -0.3 is 10.2 Å². The van der Waals surface area contributed by atoms with Gasteiger partial charge >= 0.3 is 0 Å². The lowest BCUT2D eigenvalue weighted by atomic mass is 10.1. The van der Waals surface area contributed by atoms with Crippen molar-refractivity contribution in [3.05, 3.63) is 35.9 Å². The Morgan fingerprint density at radius 1 is 1.37 bits per heavy atom. The maximum atomic E-state index is 5.42. The summed E-state index contributed by atoms with van der Waals surface area (Å²) < 4.78 is 0. The number of rotatable bonds is 5. The van der Waals surface area contributed by atoms with E-state index in [9.17, 15) is 0 Å². The fraction of sp³-hybridized carbons (Fsp3) is 0.312. The lowest BCUT2D eigenvalue weighted by molar-refractivity contribution is 0.818. The van der Waals surface area contributed by atoms with Crippen LogP contribution in [0.4, 0.5) is 5.82 Å². The van der Waals surface area contributed by atoms with Crippen molar-refractivity contribution in [2.75, 3.05) is 25.0 Å². The molecule has 0 bridgehead atoms. The molecule has 19 heavy (non-hydrogen) atoms. The normalized spacial score (nSPS) is 10.4. The molecule has 0 atom stereocenters. The molecule has 1 heterocycles. The van der Waals surface area contributed by atoms with Gasteiger partial charge in [-0.25, -0.2) is 4.98 Å². The number of pyridine rings is 1. The minimum Gasteiger partial charge on any atom is -0.346 e. The zero-order chi connectivity index (χ0) is 13.7. The largest absolute Gasteiger partial charge is 0.346 e. The van der Waals surface area contributed by atoms with Gasteiger partial charge in [0.1, 0.15) is 5.82 Å². The molecule has 1 aromatic heterocycles. The molecular weight excluding hydrogens is 234 g/mol. The van der Waals surface area contributed by atoms with Crippen molar-refractivity contribution >= 4 is 16.7 Å². The predicted molar refractivity (Wildman–Crippen MR) is 81.2 cm³/mol. The van der Waals surface area contributed by atoms with Gasteiger partial charge in [-0.1, -0.05) is 24.1 Å². The van der Waals surface area contributed by atoms with Gasteiger partial charge in [0, 0.05) is 18.5 Å². The number of nitrogens with zero attached hydrogens (tertiary/aromatic N) is 2. The van der Waals surface area contributed by atoms with Gasteiger partial charge in [-0.05, 0) is 31.7 Å². The third-order valence-corrected chi connectivity index (χ3v) is 3.14. The van der Waals surface area contributed by atoms with Crippen LogP contribution in [0.25, 0.3) is 10.9 Å². The van der Waals surface area contributed by atoms with E-state index in [4.69, 9.17) is 11.4 Å². The lowest BCUT2D eigenvalue weighted by Crippen LogP contribution is -2.24. The number of hydrogen-bond donors (Lipinski definition) is 1. The summed E-state index contributed by atoms with van der Waals surface area (Å²) in [4.78, 5) is 6.81. The maximum absolute atomic E-state index is 5.42. The van der Waals surface area contributed by atoms with Crippen LogP contribution in [-0.2, 0) is 6.54 Å². The van der Waals surface area contributed by atoms with E-state index in [1.807, 2.05) is 25.2 Å². The first kappa shape index (κ1) is 13.4. The second-order valence-corrected chi connectivity index (χ2v) is 4.41. The zero-order valence-corrected chi connectivity index (χ0v) is 11.5. The standard InChI is InChI=1S/C16H19N3/c1-4-10-19(5-2)16-11-13(12-17-3)14-8-6-7-9-15(14)18-16/h1,6-9,11,17H,5,10,12H2,2-3H3. The fourth-order valence-electron chi connectivity index (χ4n) is 2.20. The van der Waals surface area contributed by atoms with E-state index < -0.39 is 0 Å². The molecule has 3 heteroatoms. The Balaban J connectivity index is 2.54. The Bertz CT molecular complexity index is 598. The van der Waals surface area contributed by atoms with Crippen LogP contribution in [0, 0.1) is 12.3 Å². The fourth-order valence-corrected chi connectivity index (χ4v) is 2.20. The molecule has 2 rings (SSSR count). The molecule has 0 amide bonds. The Morgan fingerprint density at radius 3 is 2.84 bits per heavy atom. The first-order valence-corrected chi connectivity index (χ1v) is 6.51. The Labute approximate surface area is 114 Å². The SMILES string of the molecule is C#CCN(CC)c1cc(CNC)c2ccccc2n1. The number of benzene rings is 1. The van der Waals surface area contributed by atoms with Crippen molar-refractivity contribution in [3.8, 4) is 12.3 Å². The number of fused-ring (bicyclic) bond motifs is 1. The summed E-state index contributed by atoms with van der Waals surface area (Å²) in [5.41, 5.74) is 2.26. The molecule has 0 aliphatic rings. The highest BCUT2D eigenvalue weighted by molar-refractivity contribution is 5.84. The average molecular weight is 253 g/mol. The number of hydrogen-bond acceptors (Lipinski definition) is 3. The van der Waals surface area contributed by atoms with Crippen molar-refractivity contribution < 1.29 is 0 Å². The van der Waals surface area contributed by atoms with Gasteiger partial charge in [0.2, 0.25) is 0 Å². The number of terminal acetylenes is 1. The van der Waals surface area contributed by atoms with Gasteiger partial charge in [-0.15, -0.1) is 6.42 Å². The second kappa shape index (κ2) is 6.21. The lowest BCUT2D eigenvalue weighted by Gasteiger charge is -2.20. The molecule has 1 N–H and O–H groups in total. The highest BCUT2D eigenvalue weighted by Gasteiger charge is 2.09. The van der Waals surface area contributed by atoms with Crippen LogP contribution in [0.1, 0.15) is 12.5 Å². The van der Waals surface area contributed by atoms with E-state index in [0.717, 1.165) is 24.4 Å². The van der Waals surface area contributed by atoms with E-state index in [2.05, 4.69) is 35.2 Å². The molecule has 0 saturated carbocycles. The molecule has 0 fully saturated rings. The zero-order valence-electron chi connectivity index (χ0n) is 11.5. The molecule has 1 aromatic carbocycles. The molecule has 3 nitrogen and oxygen atoms in total. The quantitative estimate of drug-likeness (QED) is 0.829. The Morgan fingerprint density at radius 2 is 2.16 bits per heavy atom. The third kappa shape index (κ3) is 2.86. The molecule has 2 aromatic rings. The number of aromatic nitrogens is 1. The monoisotopic (exact) mass is 253 g/mol. The molecule has 98 valence electrons. The van der Waals surface area contributed by atoms with Crippen LogP contribution < -0.4 is 10.2 Å². The van der Waals surface area contributed by atoms with Crippen LogP contribution in [0.15, 0.2) is 30.3 Å². The van der Waals surface area contributed by atoms with Gasteiger partial charge in [0.05, 0.1) is 12.1 Å². The smallest absolute Gasteiger partial charge is 0.130 e. The highest BCUT2D eigenvalue weighted by Crippen LogP contribution is 2.22. The van der Waals surface area contributed by atoms with Crippen molar-refractivity contribution in [2.45, 2.75) is 13.5 Å². The molecule has 0 saturated heterocycles. The van der Waals surface area contributed by atoms with E-state index in [-0.39, 0.29) is 0 Å². The summed E-state index contributed by atoms with van der Waals surface area (Å²) in [6.07, 6.45) is 5.42. The van der Waals surface area contributed by atoms with E-state index in [1.165, 1.54) is 10.9 Å². The molecule has 0 unspecified atom stereocenters. The molecule has 0 aliphatic carbocycles. The van der Waals surface area contributed by atoms with Gasteiger partial charge in [0.25, 0.3) is 0 Å². The van der Waals surface area contributed by atoms with Crippen molar-refractivity contribution in [2.24, 2.45) is 0 Å². The molecule has 0 spiro atoms. The summed E-state index contributed by atoms with van der Waals surface area (Å²) in [5.74, 6) is 3.64. The summed E-state index contributed by atoms with van der Waals surface area (Å²) >= 11 is 0. The Hall–Kier alpha value is -2.05. The number of nitrogens with one attached hydrogen (secondary N) is 1. The maximum Gasteiger partial charge on any atom is 0.130 e. The summed E-state index contributed by atoms with van der Waals surface area (Å²) in [6, 6.07) is 10.3. The molecular formula is C16H19N3. The average Bonchev–Trinajstić information content (AvgIpc) is 2.45. The van der Waals surface area contributed by atoms with Crippen molar-refractivity contribution in [3.63, 3.8) is 0 Å². The van der Waals surface area contributed by atoms with Gasteiger partial charge in [0.15, 0.2) is 0 Å². The van der Waals surface area contributed by atoms with Crippen LogP contribution in [0.2, 0.25) is 0 Å². The summed E-state index contributed by atoms with van der Waals surface area (Å²) in [5, 5.41) is 4.40. The van der Waals surface area contributed by atoms with Crippen molar-refractivity contribution in [1.29, 1.82) is 0 Å². The summed E-state index contributed by atoms with van der Waals surface area (Å²) in [7, 11) is 1.95. The van der Waals surface area contributed by atoms with Gasteiger partial charge in [-0.2, -0.15) is 0 Å². The van der Waals surface area contributed by atoms with Gasteiger partial charge in [-0.3, -0.25) is 0 Å². The summed E-state index contributed by atoms with van der Waals surface area (Å²) in [6.45, 7) is 4.35. The van der Waals surface area contributed by atoms with Crippen LogP contribution >= 0.6 is 0 Å². The first-order chi connectivity index (χ1) is 9.30. The second-order valence-electron chi connectivity index (χ2n) is 4.41. The van der Waals surface area contributed by atoms with E-state index >= 15 is 0 Å². The van der Waals surface area contributed by atoms with Crippen LogP contribution in [0.5, 0.6) is 0 Å². The van der Waals surface area contributed by atoms with E-state index in [1.54, 1.807) is 0 Å². The highest BCUT2D eigenvalue weighted by atomic mass is 15.2. The topological polar surface area (TPSA) is 28.2 Å². The number of para-hydroxylation sites is 1. The molecule has 0 radical (unpaired) electrons. The Kier molecular flexibility index (Phi) is 4.38. The van der Waals surface area contributed by atoms with Crippen molar-refractivity contribution in [1.82, 2.24) is 10.3 Å². The minimum atomic E-state index is 0.584. The predicted octanol–water partition coefficient (Wildman–Crippen LogP) is 2.41. The first-order valence-electron chi connectivity index (χ1n) is 6.51. The minimum absolute atomic E-state index is 0.584. The number of anilines is 1. The third-order valence-electron chi connectivity index (χ3n) is 3.14.